The Kier molecular flexibility index (Phi) is 6.01. The van der Waals surface area contributed by atoms with Crippen molar-refractivity contribution >= 4 is 38.9 Å². The van der Waals surface area contributed by atoms with Crippen LogP contribution in [0, 0.1) is 6.92 Å². The van der Waals surface area contributed by atoms with Gasteiger partial charge in [-0.05, 0) is 56.0 Å². The molecule has 2 aromatic carbocycles. The number of fused-ring (bicyclic) bond motifs is 1. The lowest BCUT2D eigenvalue weighted by Gasteiger charge is -2.26. The van der Waals surface area contributed by atoms with Gasteiger partial charge in [0.15, 0.2) is 0 Å². The van der Waals surface area contributed by atoms with Gasteiger partial charge in [-0.15, -0.1) is 0 Å². The van der Waals surface area contributed by atoms with Crippen molar-refractivity contribution in [3.63, 3.8) is 0 Å². The van der Waals surface area contributed by atoms with E-state index in [2.05, 4.69) is 0 Å². The Morgan fingerprint density at radius 3 is 2.64 bits per heavy atom. The number of sulfonamides is 1. The van der Waals surface area contributed by atoms with Gasteiger partial charge in [-0.1, -0.05) is 35.9 Å². The van der Waals surface area contributed by atoms with Crippen LogP contribution in [-0.4, -0.2) is 33.2 Å². The van der Waals surface area contributed by atoms with E-state index in [0.29, 0.717) is 22.7 Å². The van der Waals surface area contributed by atoms with E-state index in [1.54, 1.807) is 25.1 Å². The molecule has 5 nitrogen and oxygen atoms in total. The second kappa shape index (κ2) is 8.13. The standard InChI is InChI=1S/C21H25ClN2O3S/c1-15-14-17-8-4-5-10-20(17)24(15)21(25)12-7-13-23(28(3,26)27)19-11-6-9-18(22)16(19)2/h4-6,8-11,15H,7,12-14H2,1-3H3. The van der Waals surface area contributed by atoms with E-state index in [0.717, 1.165) is 12.1 Å². The minimum atomic E-state index is -3.48. The van der Waals surface area contributed by atoms with Gasteiger partial charge in [-0.25, -0.2) is 8.42 Å². The molecule has 2 aromatic rings. The first kappa shape index (κ1) is 20.7. The molecule has 1 amide bonds. The number of hydrogen-bond donors (Lipinski definition) is 0. The fraction of sp³-hybridized carbons (Fsp3) is 0.381. The summed E-state index contributed by atoms with van der Waals surface area (Å²) < 4.78 is 26.0. The summed E-state index contributed by atoms with van der Waals surface area (Å²) in [5, 5.41) is 0.518. The van der Waals surface area contributed by atoms with Gasteiger partial charge in [-0.2, -0.15) is 0 Å². The molecular formula is C21H25ClN2O3S. The van der Waals surface area contributed by atoms with Crippen molar-refractivity contribution in [2.75, 3.05) is 22.0 Å². The Bertz CT molecular complexity index is 991. The molecule has 0 N–H and O–H groups in total. The lowest BCUT2D eigenvalue weighted by molar-refractivity contribution is -0.118. The van der Waals surface area contributed by atoms with Crippen LogP contribution in [-0.2, 0) is 21.2 Å². The van der Waals surface area contributed by atoms with Gasteiger partial charge in [0.2, 0.25) is 15.9 Å². The van der Waals surface area contributed by atoms with Crippen LogP contribution in [0.1, 0.15) is 30.9 Å². The summed E-state index contributed by atoms with van der Waals surface area (Å²) in [7, 11) is -3.48. The molecule has 1 heterocycles. The van der Waals surface area contributed by atoms with E-state index >= 15 is 0 Å². The number of nitrogens with zero attached hydrogens (tertiary/aromatic N) is 2. The van der Waals surface area contributed by atoms with Crippen LogP contribution in [0.4, 0.5) is 11.4 Å². The monoisotopic (exact) mass is 420 g/mol. The first-order chi connectivity index (χ1) is 13.2. The van der Waals surface area contributed by atoms with Crippen molar-refractivity contribution < 1.29 is 13.2 Å². The zero-order valence-corrected chi connectivity index (χ0v) is 17.9. The minimum Gasteiger partial charge on any atom is -0.309 e. The molecule has 0 saturated heterocycles. The summed E-state index contributed by atoms with van der Waals surface area (Å²) in [6.45, 7) is 4.06. The predicted octanol–water partition coefficient (Wildman–Crippen LogP) is 4.17. The first-order valence-corrected chi connectivity index (χ1v) is 11.6. The Balaban J connectivity index is 1.72. The van der Waals surface area contributed by atoms with Gasteiger partial charge in [-0.3, -0.25) is 9.10 Å². The fourth-order valence-electron chi connectivity index (χ4n) is 3.77. The number of hydrogen-bond acceptors (Lipinski definition) is 3. The van der Waals surface area contributed by atoms with Crippen molar-refractivity contribution in [2.24, 2.45) is 0 Å². The van der Waals surface area contributed by atoms with Gasteiger partial charge >= 0.3 is 0 Å². The number of halogens is 1. The van der Waals surface area contributed by atoms with E-state index < -0.39 is 10.0 Å². The zero-order valence-electron chi connectivity index (χ0n) is 16.4. The van der Waals surface area contributed by atoms with E-state index in [-0.39, 0.29) is 24.9 Å². The molecule has 1 aliphatic rings. The summed E-state index contributed by atoms with van der Waals surface area (Å²) in [6, 6.07) is 13.3. The second-order valence-corrected chi connectivity index (χ2v) is 9.58. The molecule has 0 bridgehead atoms. The maximum atomic E-state index is 12.8. The van der Waals surface area contributed by atoms with Crippen LogP contribution in [0.15, 0.2) is 42.5 Å². The minimum absolute atomic E-state index is 0.0220. The molecule has 28 heavy (non-hydrogen) atoms. The molecule has 1 aliphatic heterocycles. The van der Waals surface area contributed by atoms with Crippen molar-refractivity contribution in [2.45, 2.75) is 39.2 Å². The molecule has 0 aromatic heterocycles. The number of amides is 1. The smallest absolute Gasteiger partial charge is 0.232 e. The van der Waals surface area contributed by atoms with Crippen LogP contribution in [0.2, 0.25) is 5.02 Å². The van der Waals surface area contributed by atoms with Gasteiger partial charge < -0.3 is 4.90 Å². The van der Waals surface area contributed by atoms with Gasteiger partial charge in [0, 0.05) is 29.7 Å². The van der Waals surface area contributed by atoms with Crippen LogP contribution >= 0.6 is 11.6 Å². The third kappa shape index (κ3) is 4.18. The maximum absolute atomic E-state index is 12.8. The number of anilines is 2. The summed E-state index contributed by atoms with van der Waals surface area (Å²) in [5.74, 6) is 0.0220. The van der Waals surface area contributed by atoms with Gasteiger partial charge in [0.25, 0.3) is 0 Å². The van der Waals surface area contributed by atoms with Gasteiger partial charge in [0.05, 0.1) is 11.9 Å². The zero-order chi connectivity index (χ0) is 20.5. The first-order valence-electron chi connectivity index (χ1n) is 9.33. The molecule has 1 atom stereocenters. The Hall–Kier alpha value is -2.05. The highest BCUT2D eigenvalue weighted by atomic mass is 35.5. The SMILES string of the molecule is Cc1c(Cl)cccc1N(CCCC(=O)N1c2ccccc2CC1C)S(C)(=O)=O. The molecule has 0 fully saturated rings. The number of benzene rings is 2. The highest BCUT2D eigenvalue weighted by Crippen LogP contribution is 2.33. The largest absolute Gasteiger partial charge is 0.309 e. The van der Waals surface area contributed by atoms with Crippen LogP contribution in [0.25, 0.3) is 0 Å². The number of carbonyl (C=O) groups excluding carboxylic acids is 1. The summed E-state index contributed by atoms with van der Waals surface area (Å²) in [6.07, 6.45) is 2.74. The number of para-hydroxylation sites is 1. The van der Waals surface area contributed by atoms with Crippen LogP contribution in [0.3, 0.4) is 0 Å². The van der Waals surface area contributed by atoms with Crippen LogP contribution in [0.5, 0.6) is 0 Å². The average Bonchev–Trinajstić information content (AvgIpc) is 2.96. The van der Waals surface area contributed by atoms with Gasteiger partial charge in [0.1, 0.15) is 0 Å². The van der Waals surface area contributed by atoms with Crippen molar-refractivity contribution in [1.82, 2.24) is 0 Å². The average molecular weight is 421 g/mol. The normalized spacial score (nSPS) is 16.1. The second-order valence-electron chi connectivity index (χ2n) is 7.27. The Morgan fingerprint density at radius 2 is 1.93 bits per heavy atom. The molecule has 150 valence electrons. The van der Waals surface area contributed by atoms with E-state index in [1.807, 2.05) is 36.1 Å². The maximum Gasteiger partial charge on any atom is 0.232 e. The Morgan fingerprint density at radius 1 is 1.21 bits per heavy atom. The van der Waals surface area contributed by atoms with E-state index in [1.165, 1.54) is 16.1 Å². The lowest BCUT2D eigenvalue weighted by atomic mass is 10.1. The number of carbonyl (C=O) groups is 1. The molecule has 3 rings (SSSR count). The quantitative estimate of drug-likeness (QED) is 0.704. The molecule has 0 spiro atoms. The molecule has 7 heteroatoms. The highest BCUT2D eigenvalue weighted by molar-refractivity contribution is 7.92. The van der Waals surface area contributed by atoms with Crippen molar-refractivity contribution in [3.8, 4) is 0 Å². The van der Waals surface area contributed by atoms with Crippen molar-refractivity contribution in [1.29, 1.82) is 0 Å². The van der Waals surface area contributed by atoms with Crippen molar-refractivity contribution in [3.05, 3.63) is 58.6 Å². The summed E-state index contributed by atoms with van der Waals surface area (Å²) in [4.78, 5) is 14.7. The van der Waals surface area contributed by atoms with E-state index in [4.69, 9.17) is 11.6 Å². The molecule has 0 radical (unpaired) electrons. The molecule has 0 aliphatic carbocycles. The third-order valence-electron chi connectivity index (χ3n) is 5.14. The highest BCUT2D eigenvalue weighted by Gasteiger charge is 2.30. The molecule has 1 unspecified atom stereocenters. The molecular weight excluding hydrogens is 396 g/mol. The topological polar surface area (TPSA) is 57.7 Å². The summed E-state index contributed by atoms with van der Waals surface area (Å²) in [5.41, 5.74) is 3.41. The van der Waals surface area contributed by atoms with Crippen LogP contribution < -0.4 is 9.21 Å². The van der Waals surface area contributed by atoms with E-state index in [9.17, 15) is 13.2 Å². The lowest BCUT2D eigenvalue weighted by Crippen LogP contribution is -2.37. The molecule has 0 saturated carbocycles. The fourth-order valence-corrected chi connectivity index (χ4v) is 4.96. The summed E-state index contributed by atoms with van der Waals surface area (Å²) >= 11 is 6.16. The third-order valence-corrected chi connectivity index (χ3v) is 6.73. The predicted molar refractivity (Wildman–Crippen MR) is 115 cm³/mol. The number of rotatable bonds is 6. The Labute approximate surface area is 172 Å².